The van der Waals surface area contributed by atoms with E-state index in [-0.39, 0.29) is 11.9 Å². The summed E-state index contributed by atoms with van der Waals surface area (Å²) in [6, 6.07) is 11.7. The van der Waals surface area contributed by atoms with E-state index in [0.29, 0.717) is 5.76 Å². The molecule has 0 unspecified atom stereocenters. The van der Waals surface area contributed by atoms with Gasteiger partial charge in [0.2, 0.25) is 0 Å². The van der Waals surface area contributed by atoms with E-state index in [9.17, 15) is 4.79 Å². The predicted molar refractivity (Wildman–Crippen MR) is 87.1 cm³/mol. The summed E-state index contributed by atoms with van der Waals surface area (Å²) in [7, 11) is 0. The van der Waals surface area contributed by atoms with Gasteiger partial charge in [0.05, 0.1) is 12.6 Å². The van der Waals surface area contributed by atoms with Crippen molar-refractivity contribution >= 4 is 16.9 Å². The number of hydrogen-bond acceptors (Lipinski definition) is 3. The number of fused-ring (bicyclic) bond motifs is 1. The first-order chi connectivity index (χ1) is 11.3. The molecule has 3 aromatic rings. The molecule has 3 heterocycles. The number of amides is 1. The predicted octanol–water partition coefficient (Wildman–Crippen LogP) is 3.32. The number of benzene rings is 1. The molecular formula is C18H19N3O2. The van der Waals surface area contributed by atoms with Crippen LogP contribution in [-0.4, -0.2) is 33.2 Å². The number of para-hydroxylation sites is 1. The van der Waals surface area contributed by atoms with E-state index in [2.05, 4.69) is 5.10 Å². The van der Waals surface area contributed by atoms with Crippen LogP contribution in [-0.2, 0) is 6.54 Å². The van der Waals surface area contributed by atoms with Crippen molar-refractivity contribution in [2.45, 2.75) is 31.8 Å². The van der Waals surface area contributed by atoms with Gasteiger partial charge in [0.1, 0.15) is 5.58 Å². The van der Waals surface area contributed by atoms with Crippen LogP contribution in [0.25, 0.3) is 11.0 Å². The molecule has 5 heteroatoms. The molecule has 23 heavy (non-hydrogen) atoms. The average molecular weight is 309 g/mol. The number of furan rings is 1. The number of nitrogens with zero attached hydrogens (tertiary/aromatic N) is 3. The fourth-order valence-corrected chi connectivity index (χ4v) is 3.31. The number of hydrogen-bond donors (Lipinski definition) is 0. The molecule has 2 aromatic heterocycles. The van der Waals surface area contributed by atoms with Crippen molar-refractivity contribution in [2.24, 2.45) is 0 Å². The summed E-state index contributed by atoms with van der Waals surface area (Å²) in [4.78, 5) is 14.9. The minimum Gasteiger partial charge on any atom is -0.451 e. The lowest BCUT2D eigenvalue weighted by Gasteiger charge is -2.35. The van der Waals surface area contributed by atoms with E-state index in [4.69, 9.17) is 4.42 Å². The highest BCUT2D eigenvalue weighted by atomic mass is 16.3. The standard InChI is InChI=1S/C18H19N3O2/c22-18(17-12-14-6-1-2-8-16(14)23-17)21-11-4-3-7-15(21)13-20-10-5-9-19-20/h1-2,5-6,8-10,12,15H,3-4,7,11,13H2/t15-/m0/s1. The molecule has 1 atom stereocenters. The van der Waals surface area contributed by atoms with Crippen molar-refractivity contribution in [3.63, 3.8) is 0 Å². The monoisotopic (exact) mass is 309 g/mol. The molecule has 0 saturated carbocycles. The van der Waals surface area contributed by atoms with Gasteiger partial charge < -0.3 is 9.32 Å². The van der Waals surface area contributed by atoms with E-state index in [1.807, 2.05) is 52.2 Å². The van der Waals surface area contributed by atoms with Crippen LogP contribution in [0.3, 0.4) is 0 Å². The SMILES string of the molecule is O=C(c1cc2ccccc2o1)N1CCCC[C@H]1Cn1cccn1. The summed E-state index contributed by atoms with van der Waals surface area (Å²) in [6.45, 7) is 1.51. The van der Waals surface area contributed by atoms with Gasteiger partial charge in [-0.05, 0) is 37.5 Å². The lowest BCUT2D eigenvalue weighted by molar-refractivity contribution is 0.0554. The van der Waals surface area contributed by atoms with Crippen LogP contribution in [0.5, 0.6) is 0 Å². The summed E-state index contributed by atoms with van der Waals surface area (Å²) < 4.78 is 7.65. The number of piperidine rings is 1. The number of carbonyl (C=O) groups is 1. The second-order valence-corrected chi connectivity index (χ2v) is 6.02. The Morgan fingerprint density at radius 1 is 1.26 bits per heavy atom. The lowest BCUT2D eigenvalue weighted by Crippen LogP contribution is -2.45. The fraction of sp³-hybridized carbons (Fsp3) is 0.333. The molecule has 0 N–H and O–H groups in total. The molecule has 0 bridgehead atoms. The number of aromatic nitrogens is 2. The van der Waals surface area contributed by atoms with Crippen molar-refractivity contribution in [1.82, 2.24) is 14.7 Å². The Kier molecular flexibility index (Phi) is 3.61. The van der Waals surface area contributed by atoms with Crippen molar-refractivity contribution in [3.05, 3.63) is 54.6 Å². The maximum Gasteiger partial charge on any atom is 0.289 e. The van der Waals surface area contributed by atoms with Gasteiger partial charge >= 0.3 is 0 Å². The summed E-state index contributed by atoms with van der Waals surface area (Å²) in [5.41, 5.74) is 0.761. The zero-order valence-electron chi connectivity index (χ0n) is 12.9. The quantitative estimate of drug-likeness (QED) is 0.745. The molecule has 4 rings (SSSR count). The average Bonchev–Trinajstić information content (AvgIpc) is 3.23. The van der Waals surface area contributed by atoms with Crippen molar-refractivity contribution in [3.8, 4) is 0 Å². The first-order valence-corrected chi connectivity index (χ1v) is 8.08. The minimum atomic E-state index is -0.0157. The highest BCUT2D eigenvalue weighted by molar-refractivity contribution is 5.96. The maximum atomic E-state index is 12.9. The Morgan fingerprint density at radius 2 is 2.17 bits per heavy atom. The van der Waals surface area contributed by atoms with Crippen molar-refractivity contribution in [1.29, 1.82) is 0 Å². The third-order valence-electron chi connectivity index (χ3n) is 4.48. The number of likely N-dealkylation sites (tertiary alicyclic amines) is 1. The van der Waals surface area contributed by atoms with E-state index in [1.165, 1.54) is 0 Å². The van der Waals surface area contributed by atoms with E-state index < -0.39 is 0 Å². The first-order valence-electron chi connectivity index (χ1n) is 8.08. The van der Waals surface area contributed by atoms with E-state index >= 15 is 0 Å². The van der Waals surface area contributed by atoms with Crippen LogP contribution < -0.4 is 0 Å². The molecule has 1 amide bonds. The number of rotatable bonds is 3. The van der Waals surface area contributed by atoms with Gasteiger partial charge in [0.25, 0.3) is 5.91 Å². The van der Waals surface area contributed by atoms with E-state index in [0.717, 1.165) is 43.3 Å². The summed E-state index contributed by atoms with van der Waals surface area (Å²) >= 11 is 0. The zero-order chi connectivity index (χ0) is 15.6. The number of carbonyl (C=O) groups excluding carboxylic acids is 1. The van der Waals surface area contributed by atoms with Gasteiger partial charge in [-0.1, -0.05) is 18.2 Å². The zero-order valence-corrected chi connectivity index (χ0v) is 12.9. The second-order valence-electron chi connectivity index (χ2n) is 6.02. The largest absolute Gasteiger partial charge is 0.451 e. The second kappa shape index (κ2) is 5.91. The third-order valence-corrected chi connectivity index (χ3v) is 4.48. The molecule has 118 valence electrons. The molecule has 1 aliphatic rings. The Hall–Kier alpha value is -2.56. The van der Waals surface area contributed by atoms with Gasteiger partial charge in [-0.15, -0.1) is 0 Å². The van der Waals surface area contributed by atoms with Crippen molar-refractivity contribution < 1.29 is 9.21 Å². The van der Waals surface area contributed by atoms with Gasteiger partial charge in [-0.25, -0.2) is 0 Å². The van der Waals surface area contributed by atoms with Gasteiger partial charge in [0, 0.05) is 24.3 Å². The highest BCUT2D eigenvalue weighted by Gasteiger charge is 2.29. The summed E-state index contributed by atoms with van der Waals surface area (Å²) in [5.74, 6) is 0.414. The first kappa shape index (κ1) is 14.1. The maximum absolute atomic E-state index is 12.9. The summed E-state index contributed by atoms with van der Waals surface area (Å²) in [6.07, 6.45) is 6.91. The van der Waals surface area contributed by atoms with Crippen LogP contribution in [0.2, 0.25) is 0 Å². The molecule has 5 nitrogen and oxygen atoms in total. The molecule has 1 aromatic carbocycles. The van der Waals surface area contributed by atoms with Crippen molar-refractivity contribution in [2.75, 3.05) is 6.54 Å². The van der Waals surface area contributed by atoms with Gasteiger partial charge in [-0.2, -0.15) is 5.10 Å². The van der Waals surface area contributed by atoms with E-state index in [1.54, 1.807) is 6.20 Å². The topological polar surface area (TPSA) is 51.3 Å². The smallest absolute Gasteiger partial charge is 0.289 e. The fourth-order valence-electron chi connectivity index (χ4n) is 3.31. The molecule has 0 radical (unpaired) electrons. The van der Waals surface area contributed by atoms with Crippen LogP contribution in [0.15, 0.2) is 53.2 Å². The molecule has 1 saturated heterocycles. The molecular weight excluding hydrogens is 290 g/mol. The highest BCUT2D eigenvalue weighted by Crippen LogP contribution is 2.24. The third kappa shape index (κ3) is 2.74. The Morgan fingerprint density at radius 3 is 3.00 bits per heavy atom. The molecule has 1 fully saturated rings. The Bertz CT molecular complexity index is 774. The molecule has 0 aliphatic carbocycles. The van der Waals surface area contributed by atoms with Crippen LogP contribution >= 0.6 is 0 Å². The Labute approximate surface area is 134 Å². The lowest BCUT2D eigenvalue weighted by atomic mass is 10.0. The normalized spacial score (nSPS) is 18.4. The van der Waals surface area contributed by atoms with Crippen LogP contribution in [0.4, 0.5) is 0 Å². The Balaban J connectivity index is 1.59. The summed E-state index contributed by atoms with van der Waals surface area (Å²) in [5, 5.41) is 5.24. The van der Waals surface area contributed by atoms with Gasteiger partial charge in [-0.3, -0.25) is 9.48 Å². The molecule has 0 spiro atoms. The van der Waals surface area contributed by atoms with Crippen LogP contribution in [0.1, 0.15) is 29.8 Å². The minimum absolute atomic E-state index is 0.0157. The molecule has 1 aliphatic heterocycles. The van der Waals surface area contributed by atoms with Crippen LogP contribution in [0, 0.1) is 0 Å². The van der Waals surface area contributed by atoms with Gasteiger partial charge in [0.15, 0.2) is 5.76 Å².